The zero-order valence-electron chi connectivity index (χ0n) is 20.2. The summed E-state index contributed by atoms with van der Waals surface area (Å²) in [4.78, 5) is 40.9. The lowest BCUT2D eigenvalue weighted by Gasteiger charge is -2.48. The lowest BCUT2D eigenvalue weighted by molar-refractivity contribution is -0.149. The van der Waals surface area contributed by atoms with Gasteiger partial charge in [-0.25, -0.2) is 0 Å². The van der Waals surface area contributed by atoms with E-state index in [1.165, 1.54) is 11.3 Å². The lowest BCUT2D eigenvalue weighted by Crippen LogP contribution is -2.48. The van der Waals surface area contributed by atoms with Crippen LogP contribution >= 0.6 is 11.8 Å². The van der Waals surface area contributed by atoms with Crippen molar-refractivity contribution in [1.29, 1.82) is 0 Å². The zero-order valence-corrected chi connectivity index (χ0v) is 21.0. The number of benzene rings is 1. The summed E-state index contributed by atoms with van der Waals surface area (Å²) in [6.07, 6.45) is 3.61. The lowest BCUT2D eigenvalue weighted by atomic mass is 9.79. The second-order valence-corrected chi connectivity index (χ2v) is 10.6. The zero-order chi connectivity index (χ0) is 23.8. The van der Waals surface area contributed by atoms with Crippen LogP contribution in [0.3, 0.4) is 0 Å². The van der Waals surface area contributed by atoms with Crippen LogP contribution in [0.4, 0.5) is 10.5 Å². The van der Waals surface area contributed by atoms with Crippen molar-refractivity contribution in [2.75, 3.05) is 18.0 Å². The number of fused-ring (bicyclic) bond motifs is 1. The molecule has 0 aliphatic carbocycles. The molecule has 2 heterocycles. The maximum absolute atomic E-state index is 12.8. The van der Waals surface area contributed by atoms with Crippen LogP contribution in [-0.4, -0.2) is 46.7 Å². The fraction of sp³-hybridized carbons (Fsp3) is 0.560. The van der Waals surface area contributed by atoms with Gasteiger partial charge in [0, 0.05) is 17.8 Å². The Hall–Kier alpha value is -2.28. The van der Waals surface area contributed by atoms with E-state index in [2.05, 4.69) is 44.7 Å². The summed E-state index contributed by atoms with van der Waals surface area (Å²) < 4.78 is 5.08. The summed E-state index contributed by atoms with van der Waals surface area (Å²) in [5.74, 6) is -0.637. The molecule has 0 bridgehead atoms. The Bertz CT molecular complexity index is 967. The molecule has 32 heavy (non-hydrogen) atoms. The molecule has 2 aliphatic rings. The second-order valence-electron chi connectivity index (χ2n) is 9.64. The monoisotopic (exact) mass is 458 g/mol. The molecule has 0 N–H and O–H groups in total. The first-order valence-corrected chi connectivity index (χ1v) is 12.1. The van der Waals surface area contributed by atoms with Gasteiger partial charge in [-0.2, -0.15) is 0 Å². The molecule has 3 rings (SSSR count). The van der Waals surface area contributed by atoms with Gasteiger partial charge in [-0.05, 0) is 100 Å². The third kappa shape index (κ3) is 4.87. The Morgan fingerprint density at radius 2 is 2.00 bits per heavy atom. The fourth-order valence-electron chi connectivity index (χ4n) is 4.66. The van der Waals surface area contributed by atoms with Crippen molar-refractivity contribution in [3.05, 3.63) is 33.7 Å². The molecular weight excluding hydrogens is 424 g/mol. The van der Waals surface area contributed by atoms with E-state index in [4.69, 9.17) is 4.74 Å². The van der Waals surface area contributed by atoms with Crippen LogP contribution in [0.1, 0.15) is 77.0 Å². The van der Waals surface area contributed by atoms with Gasteiger partial charge in [0.15, 0.2) is 0 Å². The van der Waals surface area contributed by atoms with Gasteiger partial charge in [0.2, 0.25) is 0 Å². The highest BCUT2D eigenvalue weighted by Gasteiger charge is 2.38. The van der Waals surface area contributed by atoms with Crippen LogP contribution in [0.25, 0.3) is 6.08 Å². The molecule has 7 heteroatoms. The molecule has 1 saturated heterocycles. The number of hydrogen-bond acceptors (Lipinski definition) is 6. The number of thioether (sulfide) groups is 1. The number of amides is 2. The Kier molecular flexibility index (Phi) is 7.08. The Labute approximate surface area is 195 Å². The average Bonchev–Trinajstić information content (AvgIpc) is 2.92. The van der Waals surface area contributed by atoms with Crippen molar-refractivity contribution >= 4 is 40.6 Å². The van der Waals surface area contributed by atoms with Crippen molar-refractivity contribution in [2.45, 2.75) is 78.9 Å². The summed E-state index contributed by atoms with van der Waals surface area (Å²) in [6.45, 7) is 15.2. The number of esters is 1. The van der Waals surface area contributed by atoms with Gasteiger partial charge in [-0.1, -0.05) is 13.8 Å². The Balaban J connectivity index is 1.91. The van der Waals surface area contributed by atoms with Gasteiger partial charge >= 0.3 is 5.97 Å². The molecular formula is C25H34N2O4S. The molecule has 0 spiro atoms. The molecule has 0 saturated carbocycles. The first-order chi connectivity index (χ1) is 14.9. The summed E-state index contributed by atoms with van der Waals surface area (Å²) >= 11 is 0.873. The number of rotatable bonds is 6. The maximum atomic E-state index is 12.8. The third-order valence-electron chi connectivity index (χ3n) is 6.04. The highest BCUT2D eigenvalue weighted by atomic mass is 32.2. The van der Waals surface area contributed by atoms with Crippen LogP contribution in [-0.2, 0) is 14.3 Å². The quantitative estimate of drug-likeness (QED) is 0.415. The minimum Gasteiger partial charge on any atom is -0.462 e. The smallest absolute Gasteiger partial charge is 0.326 e. The minimum atomic E-state index is -0.582. The number of hydrogen-bond donors (Lipinski definition) is 0. The molecule has 174 valence electrons. The average molecular weight is 459 g/mol. The number of carbonyl (C=O) groups excluding carboxylic acids is 3. The number of nitrogens with zero attached hydrogens (tertiary/aromatic N) is 2. The van der Waals surface area contributed by atoms with Crippen molar-refractivity contribution in [3.63, 3.8) is 0 Å². The second kappa shape index (κ2) is 9.30. The van der Waals surface area contributed by atoms with E-state index >= 15 is 0 Å². The summed E-state index contributed by atoms with van der Waals surface area (Å²) in [5, 5.41) is -0.443. The molecule has 0 aromatic heterocycles. The van der Waals surface area contributed by atoms with Gasteiger partial charge in [-0.3, -0.25) is 19.3 Å². The fourth-order valence-corrected chi connectivity index (χ4v) is 5.49. The van der Waals surface area contributed by atoms with Crippen molar-refractivity contribution in [2.24, 2.45) is 0 Å². The molecule has 1 fully saturated rings. The largest absolute Gasteiger partial charge is 0.462 e. The Morgan fingerprint density at radius 3 is 2.62 bits per heavy atom. The minimum absolute atomic E-state index is 0.0869. The van der Waals surface area contributed by atoms with E-state index in [1.807, 2.05) is 6.92 Å². The molecule has 1 unspecified atom stereocenters. The topological polar surface area (TPSA) is 66.9 Å². The molecule has 1 aromatic rings. The van der Waals surface area contributed by atoms with E-state index in [9.17, 15) is 14.4 Å². The first-order valence-electron chi connectivity index (χ1n) is 11.3. The standard InChI is InChI=1S/C25H34N2O4S/c1-8-9-27-20-10-16(4)18(11-19(20)17(5)13-25(27,6)7)12-21-23(29)26(24(30)32-21)14-22(28)31-15(2)3/h10-12,15,17H,8-9,13-14H2,1-7H3/b21-12-. The third-order valence-corrected chi connectivity index (χ3v) is 6.94. The van der Waals surface area contributed by atoms with Gasteiger partial charge in [0.05, 0.1) is 11.0 Å². The SMILES string of the molecule is CCCN1c2cc(C)c(/C=C3\SC(=O)N(CC(=O)OC(C)C)C3=O)cc2C(C)CC1(C)C. The summed E-state index contributed by atoms with van der Waals surface area (Å²) in [7, 11) is 0. The normalized spacial score (nSPS) is 21.5. The van der Waals surface area contributed by atoms with Gasteiger partial charge < -0.3 is 9.64 Å². The van der Waals surface area contributed by atoms with E-state index in [0.717, 1.165) is 47.2 Å². The summed E-state index contributed by atoms with van der Waals surface area (Å²) in [5.41, 5.74) is 4.61. The molecule has 1 aromatic carbocycles. The van der Waals surface area contributed by atoms with Crippen molar-refractivity contribution in [1.82, 2.24) is 4.90 Å². The highest BCUT2D eigenvalue weighted by Crippen LogP contribution is 2.45. The van der Waals surface area contributed by atoms with Crippen molar-refractivity contribution in [3.8, 4) is 0 Å². The van der Waals surface area contributed by atoms with Gasteiger partial charge in [0.25, 0.3) is 11.1 Å². The first kappa shape index (κ1) is 24.4. The van der Waals surface area contributed by atoms with E-state index in [0.29, 0.717) is 10.8 Å². The van der Waals surface area contributed by atoms with Crippen molar-refractivity contribution < 1.29 is 19.1 Å². The number of aryl methyl sites for hydroxylation is 1. The molecule has 2 amide bonds. The van der Waals surface area contributed by atoms with Crippen LogP contribution in [0.15, 0.2) is 17.0 Å². The van der Waals surface area contributed by atoms with E-state index < -0.39 is 17.1 Å². The number of carbonyl (C=O) groups is 3. The molecule has 1 atom stereocenters. The van der Waals surface area contributed by atoms with Crippen LogP contribution in [0, 0.1) is 6.92 Å². The van der Waals surface area contributed by atoms with Crippen LogP contribution in [0.5, 0.6) is 0 Å². The molecule has 2 aliphatic heterocycles. The predicted octanol–water partition coefficient (Wildman–Crippen LogP) is 5.49. The molecule has 0 radical (unpaired) electrons. The summed E-state index contributed by atoms with van der Waals surface area (Å²) in [6, 6.07) is 4.37. The molecule has 6 nitrogen and oxygen atoms in total. The Morgan fingerprint density at radius 1 is 1.31 bits per heavy atom. The maximum Gasteiger partial charge on any atom is 0.326 e. The van der Waals surface area contributed by atoms with E-state index in [-0.39, 0.29) is 18.2 Å². The number of ether oxygens (including phenoxy) is 1. The predicted molar refractivity (Wildman–Crippen MR) is 130 cm³/mol. The van der Waals surface area contributed by atoms with Gasteiger partial charge in [-0.15, -0.1) is 0 Å². The number of imide groups is 1. The number of anilines is 1. The highest BCUT2D eigenvalue weighted by molar-refractivity contribution is 8.18. The van der Waals surface area contributed by atoms with Crippen LogP contribution in [0.2, 0.25) is 0 Å². The van der Waals surface area contributed by atoms with Gasteiger partial charge in [0.1, 0.15) is 6.54 Å². The van der Waals surface area contributed by atoms with Crippen LogP contribution < -0.4 is 4.90 Å². The van der Waals surface area contributed by atoms with E-state index in [1.54, 1.807) is 19.9 Å².